The van der Waals surface area contributed by atoms with Gasteiger partial charge in [-0.15, -0.1) is 32.8 Å². The molecule has 1 heterocycles. The second-order valence-corrected chi connectivity index (χ2v) is 22.3. The van der Waals surface area contributed by atoms with Crippen LogP contribution in [0.4, 0.5) is 0 Å². The van der Waals surface area contributed by atoms with Crippen molar-refractivity contribution in [2.75, 3.05) is 0 Å². The van der Waals surface area contributed by atoms with E-state index in [0.717, 1.165) is 11.2 Å². The van der Waals surface area contributed by atoms with Gasteiger partial charge < -0.3 is 4.42 Å². The van der Waals surface area contributed by atoms with Gasteiger partial charge in [0, 0.05) is 10.8 Å². The van der Waals surface area contributed by atoms with Gasteiger partial charge in [-0.25, -0.2) is 0 Å². The molecule has 0 spiro atoms. The second-order valence-electron chi connectivity index (χ2n) is 22.3. The Labute approximate surface area is 435 Å². The van der Waals surface area contributed by atoms with Crippen LogP contribution in [0.15, 0.2) is 4.42 Å². The van der Waals surface area contributed by atoms with E-state index in [1.54, 1.807) is 0 Å². The summed E-state index contributed by atoms with van der Waals surface area (Å²) < 4.78 is 7.05. The van der Waals surface area contributed by atoms with Gasteiger partial charge in [-0.05, 0) is 65.7 Å². The molecule has 0 saturated carbocycles. The summed E-state index contributed by atoms with van der Waals surface area (Å²) in [5.74, 6) is 0. The molecule has 0 atom stereocenters. The van der Waals surface area contributed by atoms with Gasteiger partial charge >= 0.3 is 0 Å². The zero-order valence-electron chi connectivity index (χ0n) is 47.4. The van der Waals surface area contributed by atoms with Crippen LogP contribution in [-0.4, -0.2) is 204 Å². The fraction of sp³-hybridized carbons (Fsp3) is 0. The lowest BCUT2D eigenvalue weighted by Gasteiger charge is -2.31. The predicted molar refractivity (Wildman–Crippen MR) is 395 cm³/mol. The number of hydrogen-bond acceptors (Lipinski definition) is 1. The molecule has 0 saturated heterocycles. The Kier molecular flexibility index (Phi) is 12.2. The minimum atomic E-state index is 1.03. The molecule has 8 aromatic carbocycles. The van der Waals surface area contributed by atoms with Crippen LogP contribution in [-0.2, 0) is 0 Å². The summed E-state index contributed by atoms with van der Waals surface area (Å²) in [6.07, 6.45) is 0. The summed E-state index contributed by atoms with van der Waals surface area (Å²) in [5.41, 5.74) is 46.0. The first-order valence-electron chi connectivity index (χ1n) is 25.7. The number of furan rings is 1. The van der Waals surface area contributed by atoms with Gasteiger partial charge in [0.05, 0.1) is 0 Å². The molecule has 0 unspecified atom stereocenters. The Hall–Kier alpha value is -3.97. The molecule has 1 aromatic heterocycles. The lowest BCUT2D eigenvalue weighted by Crippen LogP contribution is -2.52. The monoisotopic (exact) mass is 859 g/mol. The van der Waals surface area contributed by atoms with E-state index in [1.165, 1.54) is 219 Å². The molecule has 0 aliphatic rings. The van der Waals surface area contributed by atoms with Gasteiger partial charge in [-0.3, -0.25) is 0 Å². The Morgan fingerprint density at radius 1 is 0.130 bits per heavy atom. The number of hydrogen-bond donors (Lipinski definition) is 0. The minimum Gasteiger partial charge on any atom is -0.457 e. The summed E-state index contributed by atoms with van der Waals surface area (Å²) in [6.45, 7) is 0. The molecule has 1 nitrogen and oxygen atoms in total. The largest absolute Gasteiger partial charge is 0.457 e. The lowest BCUT2D eigenvalue weighted by atomic mass is 9.55. The summed E-state index contributed by atoms with van der Waals surface area (Å²) in [4.78, 5) is 0. The fourth-order valence-electron chi connectivity index (χ4n) is 13.8. The number of fused-ring (bicyclic) bond motifs is 9. The molecule has 0 aliphatic carbocycles. The average molecular weight is 854 g/mol. The van der Waals surface area contributed by atoms with E-state index in [2.05, 4.69) is 204 Å². The quantitative estimate of drug-likeness (QED) is 0.127. The Morgan fingerprint density at radius 2 is 0.319 bits per heavy atom. The third-order valence-corrected chi connectivity index (χ3v) is 19.8. The van der Waals surface area contributed by atoms with Crippen molar-refractivity contribution in [2.24, 2.45) is 0 Å². The minimum absolute atomic E-state index is 1.03. The van der Waals surface area contributed by atoms with Crippen LogP contribution in [0.2, 0.25) is 0 Å². The maximum atomic E-state index is 7.05. The SMILES string of the molecule is Bc1c(B)c(-c2c(B)c(B)c(-c3c(B)c(B)c4c5c(B)c(B)c(B)c(B)c5c5c(B)c(B)c(B)c(B)c5c4c3B)c(B)c2B)c(B)c(-c2c(B)c(B)c(B)c3oc4c(B)c(B)c(B)c(B)c4c23)c1B. The number of rotatable bonds is 3. The Bertz CT molecular complexity index is 3890. The van der Waals surface area contributed by atoms with Crippen molar-refractivity contribution >= 4 is 400 Å². The van der Waals surface area contributed by atoms with E-state index in [1.807, 2.05) is 0 Å². The highest BCUT2D eigenvalue weighted by atomic mass is 16.3. The molecule has 0 aliphatic heterocycles. The van der Waals surface area contributed by atoms with Gasteiger partial charge in [0.25, 0.3) is 0 Å². The molecule has 9 rings (SSSR count). The van der Waals surface area contributed by atoms with Gasteiger partial charge in [0.15, 0.2) is 0 Å². The molecule has 304 valence electrons. The third-order valence-electron chi connectivity index (χ3n) is 19.8. The summed E-state index contributed by atoms with van der Waals surface area (Å²) >= 11 is 0. The van der Waals surface area contributed by atoms with Gasteiger partial charge in [-0.1, -0.05) is 109 Å². The molecule has 9 aromatic rings. The van der Waals surface area contributed by atoms with Gasteiger partial charge in [0.2, 0.25) is 0 Å². The van der Waals surface area contributed by atoms with Crippen molar-refractivity contribution in [2.45, 2.75) is 0 Å². The normalized spacial score (nSPS) is 11.8. The van der Waals surface area contributed by atoms with E-state index >= 15 is 0 Å². The first kappa shape index (κ1) is 50.0. The highest BCUT2D eigenvalue weighted by molar-refractivity contribution is 6.77. The van der Waals surface area contributed by atoms with Crippen LogP contribution in [0.5, 0.6) is 0 Å². The molecule has 27 heteroatoms. The van der Waals surface area contributed by atoms with Gasteiger partial charge in [0.1, 0.15) is 215 Å². The summed E-state index contributed by atoms with van der Waals surface area (Å²) in [5, 5.41) is 11.2. The van der Waals surface area contributed by atoms with Gasteiger partial charge in [-0.2, -0.15) is 0 Å². The molecule has 69 heavy (non-hydrogen) atoms. The van der Waals surface area contributed by atoms with Crippen molar-refractivity contribution < 1.29 is 4.42 Å². The van der Waals surface area contributed by atoms with Crippen LogP contribution < -0.4 is 142 Å². The smallest absolute Gasteiger partial charge is 0.143 e. The first-order chi connectivity index (χ1) is 32.2. The molecule has 0 amide bonds. The van der Waals surface area contributed by atoms with E-state index in [-0.39, 0.29) is 0 Å². The molecular weight excluding hydrogens is 802 g/mol. The van der Waals surface area contributed by atoms with E-state index < -0.39 is 0 Å². The van der Waals surface area contributed by atoms with Crippen molar-refractivity contribution in [1.82, 2.24) is 0 Å². The molecule has 0 N–H and O–H groups in total. The third kappa shape index (κ3) is 6.41. The number of benzene rings is 8. The fourth-order valence-corrected chi connectivity index (χ4v) is 13.8. The van der Waals surface area contributed by atoms with E-state index in [4.69, 9.17) is 4.42 Å². The van der Waals surface area contributed by atoms with E-state index in [9.17, 15) is 0 Å². The van der Waals surface area contributed by atoms with Crippen LogP contribution in [0.1, 0.15) is 0 Å². The Balaban J connectivity index is 1.42. The molecular formula is C42H52B26O. The standard InChI is InChI=1S/C42H52B26O/c43-15-1-2(4-6(21(49)35(63)33(61)19(4)47)5-3(1)18(46)32(60)34(62)20(5)48)17(45)23(51)10(15)12-24(52)26(54)13(27(55)25(12)53)11-16(44)9(28(56)31(59)29(11)57)7-8-14-30(58)36(64)38(66)40(68)42(14)69-41(8)39(67)37(65)22(7)50/h43-68H2. The highest BCUT2D eigenvalue weighted by Gasteiger charge is 2.30. The predicted octanol–water partition coefficient (Wildman–Crippen LogP) is -33.2. The first-order valence-corrected chi connectivity index (χ1v) is 25.7. The molecule has 0 radical (unpaired) electrons. The van der Waals surface area contributed by atoms with Crippen molar-refractivity contribution in [3.8, 4) is 33.4 Å². The molecule has 0 fully saturated rings. The van der Waals surface area contributed by atoms with Crippen LogP contribution in [0.3, 0.4) is 0 Å². The second kappa shape index (κ2) is 16.8. The van der Waals surface area contributed by atoms with Crippen LogP contribution in [0, 0.1) is 0 Å². The van der Waals surface area contributed by atoms with Crippen molar-refractivity contribution in [3.63, 3.8) is 0 Å². The topological polar surface area (TPSA) is 13.1 Å². The van der Waals surface area contributed by atoms with Crippen molar-refractivity contribution in [1.29, 1.82) is 0 Å². The maximum absolute atomic E-state index is 7.05. The zero-order chi connectivity index (χ0) is 51.0. The zero-order valence-corrected chi connectivity index (χ0v) is 47.4. The van der Waals surface area contributed by atoms with Crippen molar-refractivity contribution in [3.05, 3.63) is 0 Å². The highest BCUT2D eigenvalue weighted by Crippen LogP contribution is 2.33. The van der Waals surface area contributed by atoms with Crippen LogP contribution in [0.25, 0.3) is 87.6 Å². The lowest BCUT2D eigenvalue weighted by molar-refractivity contribution is 0.675. The van der Waals surface area contributed by atoms with Crippen LogP contribution >= 0.6 is 0 Å². The maximum Gasteiger partial charge on any atom is 0.143 e. The average Bonchev–Trinajstić information content (AvgIpc) is 3.72. The summed E-state index contributed by atoms with van der Waals surface area (Å²) in [6, 6.07) is 0. The van der Waals surface area contributed by atoms with E-state index in [0.29, 0.717) is 0 Å². The Morgan fingerprint density at radius 3 is 0.696 bits per heavy atom. The molecule has 0 bridgehead atoms. The summed E-state index contributed by atoms with van der Waals surface area (Å²) in [7, 11) is 61.3.